The Hall–Kier alpha value is -6.14. The molecule has 6 aromatic carbocycles. The highest BCUT2D eigenvalue weighted by Gasteiger charge is 2.21. The first-order chi connectivity index (χ1) is 21.7. The van der Waals surface area contributed by atoms with Crippen LogP contribution in [0.1, 0.15) is 0 Å². The molecule has 208 valence electrons. The van der Waals surface area contributed by atoms with E-state index in [1.54, 1.807) is 6.07 Å². The first-order valence-corrected chi connectivity index (χ1v) is 14.4. The fraction of sp³-hybridized carbons (Fsp3) is 0. The Morgan fingerprint density at radius 3 is 1.80 bits per heavy atom. The van der Waals surface area contributed by atoms with Crippen LogP contribution >= 0.6 is 0 Å². The first-order valence-electron chi connectivity index (χ1n) is 14.4. The van der Waals surface area contributed by atoms with E-state index in [4.69, 9.17) is 9.97 Å². The molecular weight excluding hydrogens is 544 g/mol. The van der Waals surface area contributed by atoms with Crippen molar-refractivity contribution < 1.29 is 4.92 Å². The van der Waals surface area contributed by atoms with Crippen LogP contribution in [0, 0.1) is 10.1 Å². The summed E-state index contributed by atoms with van der Waals surface area (Å²) < 4.78 is 2.09. The third kappa shape index (κ3) is 4.20. The van der Waals surface area contributed by atoms with Crippen LogP contribution in [-0.2, 0) is 0 Å². The summed E-state index contributed by atoms with van der Waals surface area (Å²) >= 11 is 0. The number of hydrogen-bond acceptors (Lipinski definition) is 4. The highest BCUT2D eigenvalue weighted by Crippen LogP contribution is 2.40. The average molecular weight is 569 g/mol. The molecule has 0 saturated carbocycles. The minimum Gasteiger partial charge on any atom is -0.278 e. The number of nitro benzene ring substituents is 1. The largest absolute Gasteiger partial charge is 0.278 e. The fourth-order valence-corrected chi connectivity index (χ4v) is 6.11. The Bertz CT molecular complexity index is 2310. The van der Waals surface area contributed by atoms with E-state index in [9.17, 15) is 10.1 Å². The number of aromatic nitrogens is 3. The van der Waals surface area contributed by atoms with Crippen molar-refractivity contribution in [2.24, 2.45) is 0 Å². The van der Waals surface area contributed by atoms with Crippen LogP contribution in [0.15, 0.2) is 146 Å². The Labute approximate surface area is 252 Å². The lowest BCUT2D eigenvalue weighted by Crippen LogP contribution is -2.04. The zero-order valence-corrected chi connectivity index (χ0v) is 23.5. The summed E-state index contributed by atoms with van der Waals surface area (Å²) in [4.78, 5) is 22.1. The second kappa shape index (κ2) is 10.3. The van der Waals surface area contributed by atoms with E-state index in [-0.39, 0.29) is 10.6 Å². The van der Waals surface area contributed by atoms with Crippen molar-refractivity contribution >= 4 is 38.3 Å². The average Bonchev–Trinajstić information content (AvgIpc) is 3.42. The quantitative estimate of drug-likeness (QED) is 0.153. The summed E-state index contributed by atoms with van der Waals surface area (Å²) in [7, 11) is 0. The van der Waals surface area contributed by atoms with Crippen molar-refractivity contribution in [1.29, 1.82) is 0 Å². The van der Waals surface area contributed by atoms with Gasteiger partial charge < -0.3 is 0 Å². The van der Waals surface area contributed by atoms with Gasteiger partial charge in [0.15, 0.2) is 0 Å². The van der Waals surface area contributed by atoms with Gasteiger partial charge in [-0.1, -0.05) is 109 Å². The Balaban J connectivity index is 1.41. The van der Waals surface area contributed by atoms with Gasteiger partial charge in [0.25, 0.3) is 5.69 Å². The molecule has 0 fully saturated rings. The predicted molar refractivity (Wildman–Crippen MR) is 177 cm³/mol. The van der Waals surface area contributed by atoms with Crippen molar-refractivity contribution in [1.82, 2.24) is 14.5 Å². The number of nitrogens with zero attached hydrogens (tertiary/aromatic N) is 4. The topological polar surface area (TPSA) is 73.8 Å². The van der Waals surface area contributed by atoms with Crippen LogP contribution in [-0.4, -0.2) is 19.5 Å². The van der Waals surface area contributed by atoms with E-state index in [1.807, 2.05) is 97.1 Å². The van der Waals surface area contributed by atoms with Gasteiger partial charge >= 0.3 is 0 Å². The number of hydrogen-bond donors (Lipinski definition) is 0. The Kier molecular flexibility index (Phi) is 5.98. The molecule has 6 heteroatoms. The maximum absolute atomic E-state index is 12.2. The number of fused-ring (bicyclic) bond motifs is 4. The summed E-state index contributed by atoms with van der Waals surface area (Å²) in [6.45, 7) is 0. The standard InChI is InChI=1S/C38H24N4O2/c43-42(44)36-22-19-25-11-7-8-16-29(25)37(36)28-20-21-35-31(23-28)30-17-9-10-18-34(30)41(35)38-39-32(26-12-3-1-4-13-26)24-33(40-38)27-14-5-2-6-15-27/h1-24H. The highest BCUT2D eigenvalue weighted by molar-refractivity contribution is 6.12. The maximum atomic E-state index is 12.2. The lowest BCUT2D eigenvalue weighted by Gasteiger charge is -2.12. The van der Waals surface area contributed by atoms with E-state index in [0.29, 0.717) is 11.5 Å². The smallest absolute Gasteiger partial charge is 0.277 e. The lowest BCUT2D eigenvalue weighted by atomic mass is 9.95. The second-order valence-corrected chi connectivity index (χ2v) is 10.7. The van der Waals surface area contributed by atoms with Crippen LogP contribution in [0.25, 0.3) is 72.2 Å². The van der Waals surface area contributed by atoms with Gasteiger partial charge in [-0.05, 0) is 46.7 Å². The van der Waals surface area contributed by atoms with Crippen LogP contribution in [0.3, 0.4) is 0 Å². The molecule has 0 N–H and O–H groups in total. The van der Waals surface area contributed by atoms with Gasteiger partial charge in [-0.2, -0.15) is 0 Å². The molecule has 0 aliphatic heterocycles. The zero-order chi connectivity index (χ0) is 29.6. The van der Waals surface area contributed by atoms with Gasteiger partial charge in [0.1, 0.15) is 0 Å². The first kappa shape index (κ1) is 25.6. The molecule has 0 bridgehead atoms. The molecule has 2 aromatic heterocycles. The molecule has 0 saturated heterocycles. The monoisotopic (exact) mass is 568 g/mol. The minimum atomic E-state index is -0.302. The van der Waals surface area contributed by atoms with Crippen molar-refractivity contribution in [3.63, 3.8) is 0 Å². The number of para-hydroxylation sites is 1. The normalized spacial score (nSPS) is 11.4. The lowest BCUT2D eigenvalue weighted by molar-refractivity contribution is -0.384. The van der Waals surface area contributed by atoms with Crippen LogP contribution in [0.4, 0.5) is 5.69 Å². The van der Waals surface area contributed by atoms with Crippen LogP contribution in [0.2, 0.25) is 0 Å². The van der Waals surface area contributed by atoms with Gasteiger partial charge in [0, 0.05) is 28.0 Å². The van der Waals surface area contributed by atoms with E-state index < -0.39 is 0 Å². The summed E-state index contributed by atoms with van der Waals surface area (Å²) in [5.41, 5.74) is 7.00. The van der Waals surface area contributed by atoms with Crippen molar-refractivity contribution in [3.05, 3.63) is 156 Å². The Morgan fingerprint density at radius 1 is 0.523 bits per heavy atom. The van der Waals surface area contributed by atoms with Crippen LogP contribution < -0.4 is 0 Å². The second-order valence-electron chi connectivity index (χ2n) is 10.7. The summed E-state index contributed by atoms with van der Waals surface area (Å²) in [6.07, 6.45) is 0. The van der Waals surface area contributed by atoms with Gasteiger partial charge in [-0.3, -0.25) is 14.7 Å². The molecule has 0 unspecified atom stereocenters. The molecule has 8 rings (SSSR count). The van der Waals surface area contributed by atoms with Crippen molar-refractivity contribution in [2.45, 2.75) is 0 Å². The SMILES string of the molecule is O=[N+]([O-])c1ccc2ccccc2c1-c1ccc2c(c1)c1ccccc1n2-c1nc(-c2ccccc2)cc(-c2ccccc2)n1. The van der Waals surface area contributed by atoms with Crippen molar-refractivity contribution in [2.75, 3.05) is 0 Å². The van der Waals surface area contributed by atoms with Gasteiger partial charge in [0.2, 0.25) is 5.95 Å². The van der Waals surface area contributed by atoms with Crippen LogP contribution in [0.5, 0.6) is 0 Å². The highest BCUT2D eigenvalue weighted by atomic mass is 16.6. The van der Waals surface area contributed by atoms with Gasteiger partial charge in [-0.15, -0.1) is 0 Å². The van der Waals surface area contributed by atoms with Gasteiger partial charge in [-0.25, -0.2) is 9.97 Å². The molecule has 2 heterocycles. The minimum absolute atomic E-state index is 0.0817. The molecule has 0 radical (unpaired) electrons. The van der Waals surface area contributed by atoms with Crippen molar-refractivity contribution in [3.8, 4) is 39.6 Å². The molecule has 44 heavy (non-hydrogen) atoms. The van der Waals surface area contributed by atoms with E-state index in [2.05, 4.69) is 47.0 Å². The number of nitro groups is 1. The Morgan fingerprint density at radius 2 is 1.11 bits per heavy atom. The van der Waals surface area contributed by atoms with E-state index >= 15 is 0 Å². The number of rotatable bonds is 5. The third-order valence-corrected chi connectivity index (χ3v) is 8.12. The zero-order valence-electron chi connectivity index (χ0n) is 23.5. The molecular formula is C38H24N4O2. The fourth-order valence-electron chi connectivity index (χ4n) is 6.11. The van der Waals surface area contributed by atoms with Gasteiger partial charge in [0.05, 0.1) is 32.9 Å². The molecule has 0 atom stereocenters. The molecule has 0 spiro atoms. The molecule has 0 amide bonds. The van der Waals surface area contributed by atoms with E-state index in [0.717, 1.165) is 60.7 Å². The molecule has 8 aromatic rings. The summed E-state index contributed by atoms with van der Waals surface area (Å²) in [5.74, 6) is 0.556. The maximum Gasteiger partial charge on any atom is 0.277 e. The summed E-state index contributed by atoms with van der Waals surface area (Å²) in [6, 6.07) is 47.7. The number of benzene rings is 6. The summed E-state index contributed by atoms with van der Waals surface area (Å²) in [5, 5.41) is 16.0. The van der Waals surface area contributed by atoms with E-state index in [1.165, 1.54) is 0 Å². The molecule has 0 aliphatic rings. The molecule has 0 aliphatic carbocycles. The third-order valence-electron chi connectivity index (χ3n) is 8.12. The molecule has 6 nitrogen and oxygen atoms in total. The predicted octanol–water partition coefficient (Wildman–Crippen LogP) is 9.64.